The molecule has 0 amide bonds. The lowest BCUT2D eigenvalue weighted by atomic mass is 10.1. The van der Waals surface area contributed by atoms with Gasteiger partial charge in [-0.15, -0.1) is 0 Å². The zero-order chi connectivity index (χ0) is 19.6. The molecule has 0 radical (unpaired) electrons. The van der Waals surface area contributed by atoms with Crippen molar-refractivity contribution in [1.82, 2.24) is 0 Å². The van der Waals surface area contributed by atoms with Gasteiger partial charge in [-0.25, -0.2) is 4.79 Å². The number of Topliss-reactive ketones (excluding diaryl/α,β-unsaturated/α-hetero) is 1. The van der Waals surface area contributed by atoms with Crippen molar-refractivity contribution in [2.45, 2.75) is 0 Å². The average Bonchev–Trinajstić information content (AvgIpc) is 2.69. The van der Waals surface area contributed by atoms with Crippen LogP contribution < -0.4 is 9.47 Å². The molecule has 0 N–H and O–H groups in total. The Hall–Kier alpha value is -3.11. The first-order valence-electron chi connectivity index (χ1n) is 7.85. The number of carbonyl (C=O) groups is 2. The van der Waals surface area contributed by atoms with Crippen LogP contribution in [0.2, 0.25) is 0 Å². The SMILES string of the molecule is COc1cc(C=CC(=O)OCC(=O)c2ccc(Br)cc2)ccc1OCC#N. The Kier molecular flexibility index (Phi) is 7.59. The van der Waals surface area contributed by atoms with Gasteiger partial charge in [-0.2, -0.15) is 5.26 Å². The van der Waals surface area contributed by atoms with Crippen LogP contribution in [0.25, 0.3) is 6.08 Å². The lowest BCUT2D eigenvalue weighted by molar-refractivity contribution is -0.136. The zero-order valence-corrected chi connectivity index (χ0v) is 16.1. The maximum absolute atomic E-state index is 12.0. The van der Waals surface area contributed by atoms with Crippen LogP contribution in [0, 0.1) is 11.3 Å². The molecule has 0 aliphatic heterocycles. The van der Waals surface area contributed by atoms with Gasteiger partial charge in [0.1, 0.15) is 6.07 Å². The fraction of sp³-hybridized carbons (Fsp3) is 0.150. The molecule has 0 spiro atoms. The Balaban J connectivity index is 1.93. The fourth-order valence-electron chi connectivity index (χ4n) is 2.09. The number of ether oxygens (including phenoxy) is 3. The van der Waals surface area contributed by atoms with Gasteiger partial charge < -0.3 is 14.2 Å². The van der Waals surface area contributed by atoms with E-state index >= 15 is 0 Å². The van der Waals surface area contributed by atoms with Crippen LogP contribution in [-0.4, -0.2) is 32.1 Å². The first kappa shape index (κ1) is 20.2. The molecule has 138 valence electrons. The molecule has 0 unspecified atom stereocenters. The predicted molar refractivity (Wildman–Crippen MR) is 103 cm³/mol. The van der Waals surface area contributed by atoms with Crippen LogP contribution in [0.3, 0.4) is 0 Å². The van der Waals surface area contributed by atoms with Gasteiger partial charge in [0, 0.05) is 16.1 Å². The van der Waals surface area contributed by atoms with E-state index in [0.29, 0.717) is 22.6 Å². The third-order valence-electron chi connectivity index (χ3n) is 3.40. The molecule has 6 nitrogen and oxygen atoms in total. The van der Waals surface area contributed by atoms with E-state index in [1.54, 1.807) is 42.5 Å². The summed E-state index contributed by atoms with van der Waals surface area (Å²) in [6, 6.07) is 13.7. The predicted octanol–water partition coefficient (Wildman–Crippen LogP) is 3.80. The molecule has 0 bridgehead atoms. The molecule has 2 aromatic rings. The van der Waals surface area contributed by atoms with Gasteiger partial charge in [-0.3, -0.25) is 4.79 Å². The number of carbonyl (C=O) groups excluding carboxylic acids is 2. The summed E-state index contributed by atoms with van der Waals surface area (Å²) in [5.74, 6) is -0.0563. The average molecular weight is 430 g/mol. The number of hydrogen-bond acceptors (Lipinski definition) is 6. The highest BCUT2D eigenvalue weighted by atomic mass is 79.9. The van der Waals surface area contributed by atoms with Crippen molar-refractivity contribution in [2.24, 2.45) is 0 Å². The monoisotopic (exact) mass is 429 g/mol. The Morgan fingerprint density at radius 1 is 1.15 bits per heavy atom. The third-order valence-corrected chi connectivity index (χ3v) is 3.93. The van der Waals surface area contributed by atoms with Crippen LogP contribution in [0.4, 0.5) is 0 Å². The summed E-state index contributed by atoms with van der Waals surface area (Å²) < 4.78 is 16.2. The van der Waals surface area contributed by atoms with E-state index in [0.717, 1.165) is 4.47 Å². The minimum atomic E-state index is -0.635. The van der Waals surface area contributed by atoms with Crippen LogP contribution in [0.5, 0.6) is 11.5 Å². The van der Waals surface area contributed by atoms with Gasteiger partial charge in [0.15, 0.2) is 30.5 Å². The normalized spacial score (nSPS) is 10.3. The topological polar surface area (TPSA) is 85.6 Å². The van der Waals surface area contributed by atoms with Gasteiger partial charge in [-0.1, -0.05) is 34.1 Å². The maximum atomic E-state index is 12.0. The zero-order valence-electron chi connectivity index (χ0n) is 14.5. The molecule has 2 rings (SSSR count). The van der Waals surface area contributed by atoms with Gasteiger partial charge in [-0.05, 0) is 35.9 Å². The molecule has 2 aromatic carbocycles. The summed E-state index contributed by atoms with van der Waals surface area (Å²) in [5, 5.41) is 8.56. The van der Waals surface area contributed by atoms with E-state index in [1.807, 2.05) is 6.07 Å². The van der Waals surface area contributed by atoms with E-state index in [1.165, 1.54) is 19.3 Å². The Morgan fingerprint density at radius 2 is 1.89 bits per heavy atom. The fourth-order valence-corrected chi connectivity index (χ4v) is 2.35. The number of nitriles is 1. The molecule has 0 aliphatic rings. The van der Waals surface area contributed by atoms with Crippen molar-refractivity contribution in [2.75, 3.05) is 20.3 Å². The summed E-state index contributed by atoms with van der Waals surface area (Å²) in [5.41, 5.74) is 1.14. The molecule has 0 aromatic heterocycles. The van der Waals surface area contributed by atoms with Crippen molar-refractivity contribution in [3.05, 3.63) is 64.1 Å². The van der Waals surface area contributed by atoms with Gasteiger partial charge in [0.05, 0.1) is 7.11 Å². The van der Waals surface area contributed by atoms with E-state index < -0.39 is 5.97 Å². The maximum Gasteiger partial charge on any atom is 0.331 e. The van der Waals surface area contributed by atoms with Crippen LogP contribution in [0.1, 0.15) is 15.9 Å². The van der Waals surface area contributed by atoms with Crippen molar-refractivity contribution < 1.29 is 23.8 Å². The summed E-state index contributed by atoms with van der Waals surface area (Å²) in [6.45, 7) is -0.431. The second-order valence-electron chi connectivity index (χ2n) is 5.23. The Bertz CT molecular complexity index is 884. The third kappa shape index (κ3) is 6.28. The Labute approximate surface area is 165 Å². The van der Waals surface area contributed by atoms with Crippen molar-refractivity contribution in [1.29, 1.82) is 5.26 Å². The number of benzene rings is 2. The standard InChI is InChI=1S/C20H16BrNO5/c1-25-19-12-14(2-8-18(19)26-11-10-22)3-9-20(24)27-13-17(23)15-4-6-16(21)7-5-15/h2-9,12H,11,13H2,1H3. The molecule has 0 aliphatic carbocycles. The molecule has 0 fully saturated rings. The molecular weight excluding hydrogens is 414 g/mol. The number of hydrogen-bond donors (Lipinski definition) is 0. The van der Waals surface area contributed by atoms with E-state index in [2.05, 4.69) is 15.9 Å². The van der Waals surface area contributed by atoms with Crippen LogP contribution >= 0.6 is 15.9 Å². The number of esters is 1. The molecular formula is C20H16BrNO5. The molecule has 27 heavy (non-hydrogen) atoms. The quantitative estimate of drug-likeness (QED) is 0.360. The molecule has 0 saturated carbocycles. The minimum Gasteiger partial charge on any atom is -0.493 e. The largest absolute Gasteiger partial charge is 0.493 e. The number of halogens is 1. The summed E-state index contributed by atoms with van der Waals surface area (Å²) in [7, 11) is 1.48. The van der Waals surface area contributed by atoms with Crippen molar-refractivity contribution >= 4 is 33.8 Å². The molecule has 0 saturated heterocycles. The molecule has 7 heteroatoms. The van der Waals surface area contributed by atoms with E-state index in [9.17, 15) is 9.59 Å². The summed E-state index contributed by atoms with van der Waals surface area (Å²) in [4.78, 5) is 23.8. The number of rotatable bonds is 8. The van der Waals surface area contributed by atoms with Gasteiger partial charge in [0.25, 0.3) is 0 Å². The second kappa shape index (κ2) is 10.1. The first-order valence-corrected chi connectivity index (χ1v) is 8.64. The molecule has 0 atom stereocenters. The molecule has 0 heterocycles. The Morgan fingerprint density at radius 3 is 2.56 bits per heavy atom. The van der Waals surface area contributed by atoms with Crippen molar-refractivity contribution in [3.8, 4) is 17.6 Å². The van der Waals surface area contributed by atoms with E-state index in [4.69, 9.17) is 19.5 Å². The highest BCUT2D eigenvalue weighted by molar-refractivity contribution is 9.10. The highest BCUT2D eigenvalue weighted by Crippen LogP contribution is 2.28. The lowest BCUT2D eigenvalue weighted by Crippen LogP contribution is -2.12. The van der Waals surface area contributed by atoms with Crippen LogP contribution in [0.15, 0.2) is 53.0 Å². The number of nitrogens with zero attached hydrogens (tertiary/aromatic N) is 1. The van der Waals surface area contributed by atoms with Crippen LogP contribution in [-0.2, 0) is 9.53 Å². The highest BCUT2D eigenvalue weighted by Gasteiger charge is 2.09. The van der Waals surface area contributed by atoms with E-state index in [-0.39, 0.29) is 19.0 Å². The second-order valence-corrected chi connectivity index (χ2v) is 6.14. The van der Waals surface area contributed by atoms with Gasteiger partial charge >= 0.3 is 5.97 Å². The summed E-state index contributed by atoms with van der Waals surface area (Å²) >= 11 is 3.29. The lowest BCUT2D eigenvalue weighted by Gasteiger charge is -2.08. The number of methoxy groups -OCH3 is 1. The van der Waals surface area contributed by atoms with Crippen molar-refractivity contribution in [3.63, 3.8) is 0 Å². The summed E-state index contributed by atoms with van der Waals surface area (Å²) in [6.07, 6.45) is 2.75. The minimum absolute atomic E-state index is 0.0930. The number of ketones is 1. The first-order chi connectivity index (χ1) is 13.0. The smallest absolute Gasteiger partial charge is 0.331 e. The van der Waals surface area contributed by atoms with Gasteiger partial charge in [0.2, 0.25) is 0 Å².